The van der Waals surface area contributed by atoms with Crippen LogP contribution >= 0.6 is 0 Å². The Kier molecular flexibility index (Phi) is 4.16. The number of anilines is 1. The van der Waals surface area contributed by atoms with Crippen LogP contribution in [0.15, 0.2) is 24.3 Å². The molecule has 0 radical (unpaired) electrons. The van der Waals surface area contributed by atoms with Crippen LogP contribution in [0.2, 0.25) is 0 Å². The Labute approximate surface area is 128 Å². The molecule has 21 heavy (non-hydrogen) atoms. The lowest BCUT2D eigenvalue weighted by Crippen LogP contribution is -2.39. The molecule has 0 spiro atoms. The molecule has 1 atom stereocenters. The quantitative estimate of drug-likeness (QED) is 0.850. The lowest BCUT2D eigenvalue weighted by Gasteiger charge is -2.29. The number of aryl methyl sites for hydroxylation is 1. The molecule has 0 aliphatic carbocycles. The topological polar surface area (TPSA) is 29.5 Å². The van der Waals surface area contributed by atoms with E-state index in [-0.39, 0.29) is 11.7 Å². The number of hydrogen-bond acceptors (Lipinski definition) is 3. The maximum Gasteiger partial charge on any atom is 0.171 e. The smallest absolute Gasteiger partial charge is 0.171 e. The Balaban J connectivity index is 2.14. The van der Waals surface area contributed by atoms with Gasteiger partial charge in [-0.3, -0.25) is 4.79 Å². The van der Waals surface area contributed by atoms with Crippen LogP contribution in [0.4, 0.5) is 5.69 Å². The Morgan fingerprint density at radius 1 is 1.14 bits per heavy atom. The molecule has 1 aromatic carbocycles. The van der Waals surface area contributed by atoms with Gasteiger partial charge in [0.25, 0.3) is 0 Å². The van der Waals surface area contributed by atoms with Crippen molar-refractivity contribution in [1.82, 2.24) is 0 Å². The highest BCUT2D eigenvalue weighted by Crippen LogP contribution is 2.39. The van der Waals surface area contributed by atoms with Gasteiger partial charge in [-0.15, -0.1) is 0 Å². The molecule has 0 bridgehead atoms. The Bertz CT molecular complexity index is 517. The molecule has 3 heteroatoms. The average molecular weight is 289 g/mol. The van der Waals surface area contributed by atoms with Gasteiger partial charge in [-0.05, 0) is 51.8 Å². The fraction of sp³-hybridized carbons (Fsp3) is 0.611. The van der Waals surface area contributed by atoms with Gasteiger partial charge in [0.05, 0.1) is 11.5 Å². The summed E-state index contributed by atoms with van der Waals surface area (Å²) in [7, 11) is 2.04. The summed E-state index contributed by atoms with van der Waals surface area (Å²) in [4.78, 5) is 14.7. The predicted molar refractivity (Wildman–Crippen MR) is 86.8 cm³/mol. The molecule has 1 unspecified atom stereocenters. The number of ether oxygens (including phenoxy) is 1. The zero-order valence-corrected chi connectivity index (χ0v) is 14.1. The van der Waals surface area contributed by atoms with Crippen LogP contribution in [0.25, 0.3) is 0 Å². The van der Waals surface area contributed by atoms with E-state index in [9.17, 15) is 4.79 Å². The summed E-state index contributed by atoms with van der Waals surface area (Å²) in [6.07, 6.45) is 1.04. The molecule has 116 valence electrons. The van der Waals surface area contributed by atoms with Crippen molar-refractivity contribution >= 4 is 11.5 Å². The van der Waals surface area contributed by atoms with Crippen LogP contribution in [0, 0.1) is 5.92 Å². The molecule has 0 aromatic heterocycles. The third kappa shape index (κ3) is 3.13. The maximum atomic E-state index is 12.6. The lowest BCUT2D eigenvalue weighted by molar-refractivity contribution is -0.132. The van der Waals surface area contributed by atoms with E-state index in [0.717, 1.165) is 12.1 Å². The Hall–Kier alpha value is -1.35. The van der Waals surface area contributed by atoms with Gasteiger partial charge in [0.15, 0.2) is 5.78 Å². The first-order valence-corrected chi connectivity index (χ1v) is 7.72. The molecule has 1 aromatic rings. The summed E-state index contributed by atoms with van der Waals surface area (Å²) in [5, 5.41) is 0. The van der Waals surface area contributed by atoms with Crippen molar-refractivity contribution in [2.45, 2.75) is 52.2 Å². The molecule has 0 amide bonds. The average Bonchev–Trinajstić information content (AvgIpc) is 2.57. The molecule has 1 aliphatic heterocycles. The summed E-state index contributed by atoms with van der Waals surface area (Å²) in [5.74, 6) is 0.0906. The first-order chi connectivity index (χ1) is 9.67. The highest BCUT2D eigenvalue weighted by Gasteiger charge is 2.53. The number of Topliss-reactive ketones (excluding diaryl/α,β-unsaturated/α-hetero) is 1. The van der Waals surface area contributed by atoms with E-state index in [0.29, 0.717) is 6.54 Å². The number of carbonyl (C=O) groups excluding carboxylic acids is 1. The lowest BCUT2D eigenvalue weighted by atomic mass is 9.85. The molecular weight excluding hydrogens is 262 g/mol. The van der Waals surface area contributed by atoms with Gasteiger partial charge < -0.3 is 9.64 Å². The minimum atomic E-state index is -0.679. The predicted octanol–water partition coefficient (Wildman–Crippen LogP) is 3.46. The van der Waals surface area contributed by atoms with E-state index in [2.05, 4.69) is 36.1 Å². The minimum Gasteiger partial charge on any atom is -0.374 e. The molecule has 1 heterocycles. The van der Waals surface area contributed by atoms with E-state index >= 15 is 0 Å². The first-order valence-electron chi connectivity index (χ1n) is 7.72. The van der Waals surface area contributed by atoms with Gasteiger partial charge in [-0.2, -0.15) is 0 Å². The van der Waals surface area contributed by atoms with Gasteiger partial charge in [-0.1, -0.05) is 19.1 Å². The Morgan fingerprint density at radius 2 is 1.71 bits per heavy atom. The molecular formula is C18H27NO2. The van der Waals surface area contributed by atoms with Gasteiger partial charge in [-0.25, -0.2) is 0 Å². The van der Waals surface area contributed by atoms with Gasteiger partial charge >= 0.3 is 0 Å². The summed E-state index contributed by atoms with van der Waals surface area (Å²) >= 11 is 0. The van der Waals surface area contributed by atoms with Gasteiger partial charge in [0.2, 0.25) is 0 Å². The van der Waals surface area contributed by atoms with Crippen molar-refractivity contribution < 1.29 is 9.53 Å². The van der Waals surface area contributed by atoms with E-state index in [1.165, 1.54) is 5.56 Å². The summed E-state index contributed by atoms with van der Waals surface area (Å²) in [5.41, 5.74) is 1.37. The summed E-state index contributed by atoms with van der Waals surface area (Å²) in [6.45, 7) is 10.6. The van der Waals surface area contributed by atoms with E-state index in [1.54, 1.807) is 0 Å². The second kappa shape index (κ2) is 5.45. The highest BCUT2D eigenvalue weighted by molar-refractivity contribution is 5.92. The minimum absolute atomic E-state index is 0.108. The zero-order chi connectivity index (χ0) is 15.8. The number of rotatable bonds is 4. The first kappa shape index (κ1) is 16.0. The second-order valence-corrected chi connectivity index (χ2v) is 7.03. The number of benzene rings is 1. The van der Waals surface area contributed by atoms with Crippen LogP contribution < -0.4 is 4.90 Å². The largest absolute Gasteiger partial charge is 0.374 e. The van der Waals surface area contributed by atoms with Crippen molar-refractivity contribution in [2.75, 3.05) is 18.5 Å². The second-order valence-electron chi connectivity index (χ2n) is 7.03. The van der Waals surface area contributed by atoms with Crippen molar-refractivity contribution in [3.8, 4) is 0 Å². The summed E-state index contributed by atoms with van der Waals surface area (Å²) < 4.78 is 5.96. The van der Waals surface area contributed by atoms with Crippen LogP contribution in [0.5, 0.6) is 0 Å². The monoisotopic (exact) mass is 289 g/mol. The van der Waals surface area contributed by atoms with Crippen LogP contribution in [0.3, 0.4) is 0 Å². The Morgan fingerprint density at radius 3 is 2.14 bits per heavy atom. The van der Waals surface area contributed by atoms with Crippen LogP contribution in [0.1, 0.15) is 40.2 Å². The van der Waals surface area contributed by atoms with Crippen molar-refractivity contribution in [3.63, 3.8) is 0 Å². The van der Waals surface area contributed by atoms with Crippen molar-refractivity contribution in [3.05, 3.63) is 29.8 Å². The fourth-order valence-corrected chi connectivity index (χ4v) is 3.18. The summed E-state index contributed by atoms with van der Waals surface area (Å²) in [6, 6.07) is 8.54. The van der Waals surface area contributed by atoms with Crippen molar-refractivity contribution in [1.29, 1.82) is 0 Å². The SMILES string of the molecule is CCc1ccc(N(C)CC2C(=O)C(C)(C)OC2(C)C)cc1. The standard InChI is InChI=1S/C18H27NO2/c1-7-13-8-10-14(11-9-13)19(6)12-15-16(20)18(4,5)21-17(15,2)3/h8-11,15H,7,12H2,1-6H3. The normalized spacial score (nSPS) is 23.3. The van der Waals surface area contributed by atoms with Gasteiger partial charge in [0.1, 0.15) is 5.60 Å². The highest BCUT2D eigenvalue weighted by atomic mass is 16.5. The van der Waals surface area contributed by atoms with Crippen molar-refractivity contribution in [2.24, 2.45) is 5.92 Å². The maximum absolute atomic E-state index is 12.6. The molecule has 1 fully saturated rings. The zero-order valence-electron chi connectivity index (χ0n) is 14.1. The molecule has 1 aliphatic rings. The molecule has 1 saturated heterocycles. The van der Waals surface area contributed by atoms with Crippen LogP contribution in [-0.4, -0.2) is 30.6 Å². The van der Waals surface area contributed by atoms with E-state index in [1.807, 2.05) is 34.7 Å². The molecule has 0 saturated carbocycles. The number of hydrogen-bond donors (Lipinski definition) is 0. The number of nitrogens with zero attached hydrogens (tertiary/aromatic N) is 1. The number of carbonyl (C=O) groups is 1. The van der Waals surface area contributed by atoms with E-state index in [4.69, 9.17) is 4.74 Å². The molecule has 3 nitrogen and oxygen atoms in total. The third-order valence-electron chi connectivity index (χ3n) is 4.51. The van der Waals surface area contributed by atoms with Crippen LogP contribution in [-0.2, 0) is 16.0 Å². The third-order valence-corrected chi connectivity index (χ3v) is 4.51. The van der Waals surface area contributed by atoms with Gasteiger partial charge in [0, 0.05) is 19.3 Å². The van der Waals surface area contributed by atoms with E-state index < -0.39 is 11.2 Å². The molecule has 2 rings (SSSR count). The fourth-order valence-electron chi connectivity index (χ4n) is 3.18. The molecule has 0 N–H and O–H groups in total. The number of ketones is 1.